The van der Waals surface area contributed by atoms with Crippen molar-refractivity contribution in [2.75, 3.05) is 18.5 Å². The molecule has 0 spiro atoms. The molecule has 3 nitrogen and oxygen atoms in total. The van der Waals surface area contributed by atoms with Crippen LogP contribution in [0.25, 0.3) is 10.9 Å². The Labute approximate surface area is 94.7 Å². The van der Waals surface area contributed by atoms with Gasteiger partial charge in [0.25, 0.3) is 0 Å². The Morgan fingerprint density at radius 3 is 3.00 bits per heavy atom. The standard InChI is InChI=1S/C13H16N2O/c1-15(8-9-2-3-9)10-6-12-11(4-5-14-12)13(16)7-10/h4-7,9,14,16H,2-3,8H2,1H3. The van der Waals surface area contributed by atoms with Crippen molar-refractivity contribution in [1.29, 1.82) is 0 Å². The van der Waals surface area contributed by atoms with Gasteiger partial charge in [-0.25, -0.2) is 0 Å². The number of fused-ring (bicyclic) bond motifs is 1. The number of aromatic amines is 1. The van der Waals surface area contributed by atoms with Crippen LogP contribution in [-0.2, 0) is 0 Å². The first-order chi connectivity index (χ1) is 7.74. The number of H-pyrrole nitrogens is 1. The predicted octanol–water partition coefficient (Wildman–Crippen LogP) is 2.72. The highest BCUT2D eigenvalue weighted by Crippen LogP contribution is 2.33. The average Bonchev–Trinajstić information content (AvgIpc) is 2.94. The molecule has 1 aliphatic carbocycles. The van der Waals surface area contributed by atoms with Gasteiger partial charge in [-0.1, -0.05) is 0 Å². The van der Waals surface area contributed by atoms with Gasteiger partial charge in [0.1, 0.15) is 5.75 Å². The summed E-state index contributed by atoms with van der Waals surface area (Å²) in [6.45, 7) is 1.09. The van der Waals surface area contributed by atoms with Gasteiger partial charge in [0, 0.05) is 36.9 Å². The number of rotatable bonds is 3. The lowest BCUT2D eigenvalue weighted by Gasteiger charge is -2.19. The Morgan fingerprint density at radius 2 is 2.25 bits per heavy atom. The molecule has 2 aromatic rings. The number of aromatic hydroxyl groups is 1. The number of phenols is 1. The molecular weight excluding hydrogens is 200 g/mol. The second-order valence-corrected chi connectivity index (χ2v) is 4.73. The van der Waals surface area contributed by atoms with E-state index in [0.29, 0.717) is 5.75 Å². The highest BCUT2D eigenvalue weighted by atomic mass is 16.3. The SMILES string of the molecule is CN(CC1CC1)c1cc(O)c2cc[nH]c2c1. The highest BCUT2D eigenvalue weighted by Gasteiger charge is 2.23. The minimum atomic E-state index is 0.358. The Morgan fingerprint density at radius 1 is 1.44 bits per heavy atom. The number of hydrogen-bond donors (Lipinski definition) is 2. The van der Waals surface area contributed by atoms with Crippen LogP contribution in [0.1, 0.15) is 12.8 Å². The molecule has 1 aromatic heterocycles. The van der Waals surface area contributed by atoms with Crippen molar-refractivity contribution in [2.45, 2.75) is 12.8 Å². The van der Waals surface area contributed by atoms with E-state index in [-0.39, 0.29) is 0 Å². The largest absolute Gasteiger partial charge is 0.507 e. The molecule has 0 radical (unpaired) electrons. The maximum atomic E-state index is 9.89. The molecule has 0 amide bonds. The zero-order valence-electron chi connectivity index (χ0n) is 9.40. The number of aromatic nitrogens is 1. The van der Waals surface area contributed by atoms with Gasteiger partial charge >= 0.3 is 0 Å². The zero-order chi connectivity index (χ0) is 11.1. The maximum Gasteiger partial charge on any atom is 0.127 e. The van der Waals surface area contributed by atoms with Crippen LogP contribution in [0.15, 0.2) is 24.4 Å². The van der Waals surface area contributed by atoms with E-state index >= 15 is 0 Å². The lowest BCUT2D eigenvalue weighted by Crippen LogP contribution is -2.19. The molecule has 2 N–H and O–H groups in total. The Kier molecular flexibility index (Phi) is 2.06. The van der Waals surface area contributed by atoms with Crippen molar-refractivity contribution >= 4 is 16.6 Å². The molecule has 0 bridgehead atoms. The summed E-state index contributed by atoms with van der Waals surface area (Å²) in [4.78, 5) is 5.36. The fraction of sp³-hybridized carbons (Fsp3) is 0.385. The van der Waals surface area contributed by atoms with Crippen molar-refractivity contribution in [2.24, 2.45) is 5.92 Å². The molecule has 1 saturated carbocycles. The third-order valence-electron chi connectivity index (χ3n) is 3.30. The molecule has 0 unspecified atom stereocenters. The van der Waals surface area contributed by atoms with Gasteiger partial charge in [0.15, 0.2) is 0 Å². The molecule has 0 atom stereocenters. The summed E-state index contributed by atoms with van der Waals surface area (Å²) < 4.78 is 0. The van der Waals surface area contributed by atoms with Crippen molar-refractivity contribution in [1.82, 2.24) is 4.98 Å². The van der Waals surface area contributed by atoms with E-state index in [2.05, 4.69) is 23.0 Å². The minimum absolute atomic E-state index is 0.358. The summed E-state index contributed by atoms with van der Waals surface area (Å²) in [6, 6.07) is 5.84. The van der Waals surface area contributed by atoms with Crippen LogP contribution in [0.2, 0.25) is 0 Å². The lowest BCUT2D eigenvalue weighted by molar-refractivity contribution is 0.481. The quantitative estimate of drug-likeness (QED) is 0.828. The van der Waals surface area contributed by atoms with Gasteiger partial charge in [-0.15, -0.1) is 0 Å². The van der Waals surface area contributed by atoms with E-state index in [1.807, 2.05) is 18.3 Å². The van der Waals surface area contributed by atoms with Crippen LogP contribution in [-0.4, -0.2) is 23.7 Å². The van der Waals surface area contributed by atoms with E-state index in [1.165, 1.54) is 12.8 Å². The fourth-order valence-electron chi connectivity index (χ4n) is 2.15. The van der Waals surface area contributed by atoms with Crippen LogP contribution in [0.4, 0.5) is 5.69 Å². The summed E-state index contributed by atoms with van der Waals surface area (Å²) in [7, 11) is 2.09. The monoisotopic (exact) mass is 216 g/mol. The zero-order valence-corrected chi connectivity index (χ0v) is 9.40. The van der Waals surface area contributed by atoms with E-state index in [0.717, 1.165) is 29.1 Å². The van der Waals surface area contributed by atoms with E-state index in [1.54, 1.807) is 0 Å². The molecule has 1 aromatic carbocycles. The first-order valence-corrected chi connectivity index (χ1v) is 5.75. The molecule has 1 aliphatic rings. The van der Waals surface area contributed by atoms with Gasteiger partial charge in [0.05, 0.1) is 5.52 Å². The fourth-order valence-corrected chi connectivity index (χ4v) is 2.15. The molecule has 3 heteroatoms. The third-order valence-corrected chi connectivity index (χ3v) is 3.30. The molecule has 16 heavy (non-hydrogen) atoms. The van der Waals surface area contributed by atoms with Gasteiger partial charge in [-0.2, -0.15) is 0 Å². The van der Waals surface area contributed by atoms with Crippen LogP contribution in [0, 0.1) is 5.92 Å². The van der Waals surface area contributed by atoms with Crippen LogP contribution in [0.5, 0.6) is 5.75 Å². The van der Waals surface area contributed by atoms with Gasteiger partial charge in [-0.3, -0.25) is 0 Å². The molecule has 0 saturated heterocycles. The van der Waals surface area contributed by atoms with Gasteiger partial charge in [0.2, 0.25) is 0 Å². The number of nitrogens with one attached hydrogen (secondary N) is 1. The van der Waals surface area contributed by atoms with Crippen molar-refractivity contribution in [3.05, 3.63) is 24.4 Å². The minimum Gasteiger partial charge on any atom is -0.507 e. The normalized spacial score (nSPS) is 15.6. The molecule has 0 aliphatic heterocycles. The summed E-state index contributed by atoms with van der Waals surface area (Å²) in [5.41, 5.74) is 2.08. The summed E-state index contributed by atoms with van der Waals surface area (Å²) in [6.07, 6.45) is 4.55. The van der Waals surface area contributed by atoms with Gasteiger partial charge in [-0.05, 0) is 30.9 Å². The van der Waals surface area contributed by atoms with Gasteiger partial charge < -0.3 is 15.0 Å². The van der Waals surface area contributed by atoms with E-state index in [9.17, 15) is 5.11 Å². The molecule has 1 heterocycles. The summed E-state index contributed by atoms with van der Waals surface area (Å²) >= 11 is 0. The maximum absolute atomic E-state index is 9.89. The van der Waals surface area contributed by atoms with Crippen molar-refractivity contribution in [3.8, 4) is 5.75 Å². The number of anilines is 1. The third kappa shape index (κ3) is 1.62. The van der Waals surface area contributed by atoms with Crippen molar-refractivity contribution in [3.63, 3.8) is 0 Å². The van der Waals surface area contributed by atoms with Crippen molar-refractivity contribution < 1.29 is 5.11 Å². The number of phenolic OH excluding ortho intramolecular Hbond substituents is 1. The number of hydrogen-bond acceptors (Lipinski definition) is 2. The number of benzene rings is 1. The molecule has 1 fully saturated rings. The van der Waals surface area contributed by atoms with E-state index < -0.39 is 0 Å². The molecule has 84 valence electrons. The molecule has 3 rings (SSSR count). The van der Waals surface area contributed by atoms with Crippen LogP contribution < -0.4 is 4.90 Å². The first kappa shape index (κ1) is 9.58. The topological polar surface area (TPSA) is 39.3 Å². The predicted molar refractivity (Wildman–Crippen MR) is 66.0 cm³/mol. The Bertz CT molecular complexity index is 514. The summed E-state index contributed by atoms with van der Waals surface area (Å²) in [5, 5.41) is 10.8. The Hall–Kier alpha value is -1.64. The Balaban J connectivity index is 1.95. The van der Waals surface area contributed by atoms with Crippen LogP contribution in [0.3, 0.4) is 0 Å². The molecular formula is C13H16N2O. The lowest BCUT2D eigenvalue weighted by atomic mass is 10.2. The van der Waals surface area contributed by atoms with E-state index in [4.69, 9.17) is 0 Å². The summed E-state index contributed by atoms with van der Waals surface area (Å²) in [5.74, 6) is 1.21. The number of nitrogens with zero attached hydrogens (tertiary/aromatic N) is 1. The smallest absolute Gasteiger partial charge is 0.127 e. The second-order valence-electron chi connectivity index (χ2n) is 4.73. The highest BCUT2D eigenvalue weighted by molar-refractivity contribution is 5.89. The van der Waals surface area contributed by atoms with Crippen LogP contribution >= 0.6 is 0 Å². The first-order valence-electron chi connectivity index (χ1n) is 5.75. The average molecular weight is 216 g/mol. The second kappa shape index (κ2) is 3.44.